The lowest BCUT2D eigenvalue weighted by Gasteiger charge is -1.95. The average molecular weight is 205 g/mol. The zero-order chi connectivity index (χ0) is 10.8. The topological polar surface area (TPSA) is 12.9 Å². The molecule has 0 aromatic carbocycles. The highest BCUT2D eigenvalue weighted by Crippen LogP contribution is 2.25. The van der Waals surface area contributed by atoms with Crippen molar-refractivity contribution in [3.8, 4) is 22.3 Å². The normalized spacial score (nSPS) is 10.5. The van der Waals surface area contributed by atoms with Gasteiger partial charge < -0.3 is 0 Å². The van der Waals surface area contributed by atoms with Crippen LogP contribution in [0.3, 0.4) is 0 Å². The predicted octanol–water partition coefficient (Wildman–Crippen LogP) is 3.85. The van der Waals surface area contributed by atoms with Gasteiger partial charge in [-0.05, 0) is 28.3 Å². The van der Waals surface area contributed by atoms with Crippen LogP contribution >= 0.6 is 0 Å². The van der Waals surface area contributed by atoms with E-state index in [4.69, 9.17) is 0 Å². The molecule has 0 N–H and O–H groups in total. The Balaban J connectivity index is 2.16. The molecule has 2 aliphatic carbocycles. The molecule has 3 rings (SSSR count). The summed E-state index contributed by atoms with van der Waals surface area (Å²) >= 11 is 0. The maximum absolute atomic E-state index is 4.14. The molecular formula is C15H11N. The van der Waals surface area contributed by atoms with Crippen LogP contribution in [0.25, 0.3) is 22.3 Å². The van der Waals surface area contributed by atoms with Gasteiger partial charge in [0.05, 0.1) is 0 Å². The molecule has 0 amide bonds. The van der Waals surface area contributed by atoms with E-state index in [0.717, 1.165) is 5.56 Å². The summed E-state index contributed by atoms with van der Waals surface area (Å²) in [6, 6.07) is 18.9. The smallest absolute Gasteiger partial charge is 0.0346 e. The maximum Gasteiger partial charge on any atom is 0.0346 e. The number of hydrogen-bond donors (Lipinski definition) is 0. The van der Waals surface area contributed by atoms with Crippen molar-refractivity contribution in [1.29, 1.82) is 0 Å². The van der Waals surface area contributed by atoms with E-state index in [9.17, 15) is 0 Å². The van der Waals surface area contributed by atoms with Gasteiger partial charge in [-0.25, -0.2) is 0 Å². The van der Waals surface area contributed by atoms with Crippen molar-refractivity contribution in [2.45, 2.75) is 0 Å². The summed E-state index contributed by atoms with van der Waals surface area (Å²) in [5.41, 5.74) is 4.90. The monoisotopic (exact) mass is 205 g/mol. The second-order valence-electron chi connectivity index (χ2n) is 3.80. The van der Waals surface area contributed by atoms with E-state index in [2.05, 4.69) is 53.5 Å². The van der Waals surface area contributed by atoms with E-state index in [-0.39, 0.29) is 0 Å². The Hall–Kier alpha value is -2.15. The fourth-order valence-electron chi connectivity index (χ4n) is 1.89. The summed E-state index contributed by atoms with van der Waals surface area (Å²) in [5, 5.41) is 0. The first-order valence-corrected chi connectivity index (χ1v) is 5.33. The molecule has 0 saturated heterocycles. The number of pyridine rings is 1. The lowest BCUT2D eigenvalue weighted by Crippen LogP contribution is -1.75. The molecule has 0 spiro atoms. The fourth-order valence-corrected chi connectivity index (χ4v) is 1.89. The van der Waals surface area contributed by atoms with Gasteiger partial charge in [0.15, 0.2) is 0 Å². The van der Waals surface area contributed by atoms with Crippen molar-refractivity contribution in [2.24, 2.45) is 0 Å². The van der Waals surface area contributed by atoms with Crippen LogP contribution < -0.4 is 0 Å². The number of fused-ring (bicyclic) bond motifs is 1. The molecule has 0 radical (unpaired) electrons. The SMILES string of the molecule is c1cc2ccc(-c3cccnc3)ccc-2c1. The Morgan fingerprint density at radius 2 is 1.12 bits per heavy atom. The van der Waals surface area contributed by atoms with Gasteiger partial charge in [0.2, 0.25) is 0 Å². The van der Waals surface area contributed by atoms with Crippen molar-refractivity contribution in [3.63, 3.8) is 0 Å². The molecule has 0 fully saturated rings. The first-order valence-electron chi connectivity index (χ1n) is 5.33. The summed E-state index contributed by atoms with van der Waals surface area (Å²) in [4.78, 5) is 4.14. The molecule has 0 unspecified atom stereocenters. The highest BCUT2D eigenvalue weighted by atomic mass is 14.6. The molecule has 1 nitrogen and oxygen atoms in total. The molecule has 76 valence electrons. The van der Waals surface area contributed by atoms with Crippen LogP contribution in [-0.4, -0.2) is 4.98 Å². The van der Waals surface area contributed by atoms with Crippen LogP contribution in [0, 0.1) is 0 Å². The number of nitrogens with zero attached hydrogens (tertiary/aromatic N) is 1. The van der Waals surface area contributed by atoms with Crippen molar-refractivity contribution in [1.82, 2.24) is 4.98 Å². The highest BCUT2D eigenvalue weighted by molar-refractivity contribution is 5.70. The Kier molecular flexibility index (Phi) is 2.15. The molecule has 1 aromatic heterocycles. The largest absolute Gasteiger partial charge is 0.264 e. The molecule has 1 heterocycles. The van der Waals surface area contributed by atoms with Gasteiger partial charge in [0.25, 0.3) is 0 Å². The van der Waals surface area contributed by atoms with E-state index in [1.807, 2.05) is 12.3 Å². The molecule has 2 aliphatic rings. The van der Waals surface area contributed by atoms with Gasteiger partial charge >= 0.3 is 0 Å². The molecule has 1 aromatic rings. The van der Waals surface area contributed by atoms with E-state index in [0.29, 0.717) is 0 Å². The van der Waals surface area contributed by atoms with Crippen LogP contribution in [0.1, 0.15) is 0 Å². The number of hydrogen-bond acceptors (Lipinski definition) is 1. The van der Waals surface area contributed by atoms with Gasteiger partial charge in [-0.15, -0.1) is 0 Å². The van der Waals surface area contributed by atoms with Crippen LogP contribution in [0.15, 0.2) is 67.0 Å². The van der Waals surface area contributed by atoms with Crippen molar-refractivity contribution < 1.29 is 0 Å². The summed E-state index contributed by atoms with van der Waals surface area (Å²) in [6.07, 6.45) is 3.68. The van der Waals surface area contributed by atoms with Gasteiger partial charge in [0.1, 0.15) is 0 Å². The molecule has 16 heavy (non-hydrogen) atoms. The molecule has 0 saturated carbocycles. The van der Waals surface area contributed by atoms with E-state index in [1.54, 1.807) is 6.20 Å². The standard InChI is InChI=1S/C15H11N/c1-3-12-6-8-14(9-7-13(12)4-1)15-5-2-10-16-11-15/h1-11H. The highest BCUT2D eigenvalue weighted by Gasteiger charge is 2.00. The summed E-state index contributed by atoms with van der Waals surface area (Å²) in [5.74, 6) is 0. The van der Waals surface area contributed by atoms with Crippen molar-refractivity contribution in [2.75, 3.05) is 0 Å². The minimum absolute atomic E-state index is 1.15. The van der Waals surface area contributed by atoms with Gasteiger partial charge in [-0.2, -0.15) is 0 Å². The second kappa shape index (κ2) is 3.78. The summed E-state index contributed by atoms with van der Waals surface area (Å²) in [7, 11) is 0. The first kappa shape index (κ1) is 9.10. The molecule has 0 aliphatic heterocycles. The van der Waals surface area contributed by atoms with Gasteiger partial charge in [0, 0.05) is 12.4 Å². The Labute approximate surface area is 94.7 Å². The third-order valence-electron chi connectivity index (χ3n) is 2.76. The van der Waals surface area contributed by atoms with E-state index in [1.165, 1.54) is 16.7 Å². The summed E-state index contributed by atoms with van der Waals surface area (Å²) < 4.78 is 0. The molecular weight excluding hydrogens is 194 g/mol. The fraction of sp³-hybridized carbons (Fsp3) is 0. The quantitative estimate of drug-likeness (QED) is 0.588. The molecule has 0 bridgehead atoms. The third-order valence-corrected chi connectivity index (χ3v) is 2.76. The number of rotatable bonds is 1. The van der Waals surface area contributed by atoms with Crippen molar-refractivity contribution in [3.05, 3.63) is 67.0 Å². The zero-order valence-electron chi connectivity index (χ0n) is 8.80. The van der Waals surface area contributed by atoms with Gasteiger partial charge in [-0.1, -0.05) is 48.5 Å². The third kappa shape index (κ3) is 1.57. The van der Waals surface area contributed by atoms with Crippen LogP contribution in [0.2, 0.25) is 0 Å². The molecule has 0 atom stereocenters. The predicted molar refractivity (Wildman–Crippen MR) is 66.3 cm³/mol. The van der Waals surface area contributed by atoms with Crippen LogP contribution in [0.5, 0.6) is 0 Å². The van der Waals surface area contributed by atoms with E-state index >= 15 is 0 Å². The number of aromatic nitrogens is 1. The lowest BCUT2D eigenvalue weighted by molar-refractivity contribution is 1.33. The van der Waals surface area contributed by atoms with Crippen LogP contribution in [-0.2, 0) is 0 Å². The van der Waals surface area contributed by atoms with E-state index < -0.39 is 0 Å². The summed E-state index contributed by atoms with van der Waals surface area (Å²) in [6.45, 7) is 0. The van der Waals surface area contributed by atoms with Crippen molar-refractivity contribution >= 4 is 0 Å². The first-order chi connectivity index (χ1) is 7.93. The minimum atomic E-state index is 1.15. The second-order valence-corrected chi connectivity index (χ2v) is 3.80. The average Bonchev–Trinajstić information content (AvgIpc) is 2.70. The lowest BCUT2D eigenvalue weighted by atomic mass is 10.1. The van der Waals surface area contributed by atoms with Gasteiger partial charge in [-0.3, -0.25) is 4.98 Å². The zero-order valence-corrected chi connectivity index (χ0v) is 8.80. The molecule has 1 heteroatoms. The van der Waals surface area contributed by atoms with Crippen LogP contribution in [0.4, 0.5) is 0 Å². The minimum Gasteiger partial charge on any atom is -0.264 e. The Bertz CT molecular complexity index is 541. The maximum atomic E-state index is 4.14. The Morgan fingerprint density at radius 1 is 0.562 bits per heavy atom. The Morgan fingerprint density at radius 3 is 1.69 bits per heavy atom.